The first-order valence-electron chi connectivity index (χ1n) is 14.8. The third kappa shape index (κ3) is 4.79. The fourth-order valence-corrected chi connectivity index (χ4v) is 9.34. The van der Waals surface area contributed by atoms with Crippen LogP contribution in [0.25, 0.3) is 10.8 Å². The molecule has 2 aromatic rings. The van der Waals surface area contributed by atoms with Crippen LogP contribution in [-0.2, 0) is 19.1 Å². The number of carbonyl (C=O) groups is 3. The second-order valence-electron chi connectivity index (χ2n) is 11.8. The number of benzene rings is 2. The molecule has 1 unspecified atom stereocenters. The van der Waals surface area contributed by atoms with Crippen molar-refractivity contribution in [2.24, 2.45) is 11.8 Å². The predicted molar refractivity (Wildman–Crippen MR) is 162 cm³/mol. The van der Waals surface area contributed by atoms with Gasteiger partial charge in [0.05, 0.1) is 23.2 Å². The van der Waals surface area contributed by atoms with Crippen LogP contribution >= 0.6 is 11.8 Å². The number of cyclic esters (lactones) is 1. The van der Waals surface area contributed by atoms with Gasteiger partial charge in [0, 0.05) is 30.1 Å². The van der Waals surface area contributed by atoms with Crippen LogP contribution in [-0.4, -0.2) is 69.6 Å². The van der Waals surface area contributed by atoms with Gasteiger partial charge in [-0.15, -0.1) is 11.8 Å². The number of thioether (sulfide) groups is 1. The van der Waals surface area contributed by atoms with Crippen molar-refractivity contribution < 1.29 is 24.2 Å². The molecule has 216 valence electrons. The molecule has 0 aliphatic carbocycles. The van der Waals surface area contributed by atoms with Gasteiger partial charge in [0.1, 0.15) is 6.04 Å². The molecule has 1 spiro atoms. The van der Waals surface area contributed by atoms with E-state index in [1.807, 2.05) is 55.5 Å². The number of fused-ring (bicyclic) bond motifs is 3. The minimum atomic E-state index is -0.895. The first kappa shape index (κ1) is 28.0. The summed E-state index contributed by atoms with van der Waals surface area (Å²) >= 11 is 1.58. The first-order chi connectivity index (χ1) is 19.9. The normalized spacial score (nSPS) is 32.3. The maximum Gasteiger partial charge on any atom is 0.311 e. The Morgan fingerprint density at radius 1 is 0.951 bits per heavy atom. The molecule has 0 aromatic heterocycles. The van der Waals surface area contributed by atoms with E-state index in [1.165, 1.54) is 0 Å². The molecule has 0 bridgehead atoms. The molecule has 0 radical (unpaired) electrons. The van der Waals surface area contributed by atoms with Crippen LogP contribution < -0.4 is 4.90 Å². The number of likely N-dealkylation sites (tertiary alicyclic amines) is 1. The summed E-state index contributed by atoms with van der Waals surface area (Å²) in [6.45, 7) is 3.25. The Balaban J connectivity index is 1.44. The summed E-state index contributed by atoms with van der Waals surface area (Å²) in [6, 6.07) is 13.3. The molecule has 41 heavy (non-hydrogen) atoms. The average Bonchev–Trinajstić information content (AvgIpc) is 3.29. The number of hydrogen-bond acceptors (Lipinski definition) is 6. The molecular weight excluding hydrogens is 536 g/mol. The van der Waals surface area contributed by atoms with Gasteiger partial charge in [-0.3, -0.25) is 14.4 Å². The molecule has 6 rings (SSSR count). The Morgan fingerprint density at radius 3 is 2.61 bits per heavy atom. The van der Waals surface area contributed by atoms with Gasteiger partial charge >= 0.3 is 5.97 Å². The Kier molecular flexibility index (Phi) is 7.72. The van der Waals surface area contributed by atoms with Gasteiger partial charge in [0.25, 0.3) is 5.91 Å². The van der Waals surface area contributed by atoms with Gasteiger partial charge in [-0.2, -0.15) is 0 Å². The quantitative estimate of drug-likeness (QED) is 0.301. The van der Waals surface area contributed by atoms with Crippen LogP contribution in [0.5, 0.6) is 0 Å². The predicted octanol–water partition coefficient (Wildman–Crippen LogP) is 4.88. The van der Waals surface area contributed by atoms with E-state index in [4.69, 9.17) is 4.74 Å². The highest BCUT2D eigenvalue weighted by Gasteiger charge is 2.73. The molecule has 5 atom stereocenters. The van der Waals surface area contributed by atoms with Crippen molar-refractivity contribution in [1.82, 2.24) is 4.90 Å². The lowest BCUT2D eigenvalue weighted by Crippen LogP contribution is -2.53. The second kappa shape index (κ2) is 11.3. The lowest BCUT2D eigenvalue weighted by molar-refractivity contribution is -0.154. The summed E-state index contributed by atoms with van der Waals surface area (Å²) in [5, 5.41) is 11.5. The van der Waals surface area contributed by atoms with E-state index >= 15 is 0 Å². The highest BCUT2D eigenvalue weighted by atomic mass is 32.2. The van der Waals surface area contributed by atoms with Gasteiger partial charge in [-0.1, -0.05) is 54.6 Å². The monoisotopic (exact) mass is 574 g/mol. The van der Waals surface area contributed by atoms with Gasteiger partial charge in [-0.05, 0) is 68.4 Å². The Labute approximate surface area is 245 Å². The summed E-state index contributed by atoms with van der Waals surface area (Å²) < 4.78 is 4.19. The summed E-state index contributed by atoms with van der Waals surface area (Å²) in [6.07, 6.45) is 13.0. The average molecular weight is 575 g/mol. The molecular formula is C33H38N2O5S. The molecule has 8 heteroatoms. The highest BCUT2D eigenvalue weighted by Crippen LogP contribution is 2.65. The van der Waals surface area contributed by atoms with Crippen molar-refractivity contribution in [3.05, 3.63) is 66.8 Å². The number of carbonyl (C=O) groups excluding carboxylic acids is 3. The number of unbranched alkanes of at least 4 members (excludes halogenated alkanes) is 2. The van der Waals surface area contributed by atoms with E-state index < -0.39 is 27.4 Å². The maximum atomic E-state index is 14.7. The minimum Gasteiger partial charge on any atom is -0.465 e. The molecule has 4 aliphatic rings. The smallest absolute Gasteiger partial charge is 0.311 e. The number of aliphatic hydroxyl groups is 1. The highest BCUT2D eigenvalue weighted by molar-refractivity contribution is 8.02. The van der Waals surface area contributed by atoms with Crippen LogP contribution in [0.2, 0.25) is 0 Å². The topological polar surface area (TPSA) is 87.1 Å². The van der Waals surface area contributed by atoms with Crippen LogP contribution in [0, 0.1) is 11.8 Å². The van der Waals surface area contributed by atoms with Gasteiger partial charge in [-0.25, -0.2) is 0 Å². The van der Waals surface area contributed by atoms with Crippen molar-refractivity contribution >= 4 is 46.0 Å². The first-order valence-corrected chi connectivity index (χ1v) is 15.6. The number of rotatable bonds is 6. The van der Waals surface area contributed by atoms with Crippen molar-refractivity contribution in [2.45, 2.75) is 61.0 Å². The molecule has 0 saturated carbocycles. The van der Waals surface area contributed by atoms with E-state index in [0.29, 0.717) is 32.5 Å². The summed E-state index contributed by atoms with van der Waals surface area (Å²) in [5.41, 5.74) is 0.791. The SMILES string of the molecule is C[C@@]12/C=C\CCCCOC(=O)[C@@H]1[C@H]1C(=O)N(CCCCCO)C3C(=O)N(c4ccc5ccccc5c4)CC=C[C@@]31S2. The molecule has 7 nitrogen and oxygen atoms in total. The third-order valence-electron chi connectivity index (χ3n) is 9.10. The molecule has 2 aromatic carbocycles. The number of ether oxygens (including phenoxy) is 1. The molecule has 2 saturated heterocycles. The molecule has 4 aliphatic heterocycles. The number of allylic oxidation sites excluding steroid dienone is 1. The zero-order chi connectivity index (χ0) is 28.6. The van der Waals surface area contributed by atoms with Crippen LogP contribution in [0.1, 0.15) is 45.4 Å². The number of aliphatic hydroxyl groups excluding tert-OH is 1. The van der Waals surface area contributed by atoms with E-state index in [-0.39, 0.29) is 24.4 Å². The largest absolute Gasteiger partial charge is 0.465 e. The maximum absolute atomic E-state index is 14.7. The van der Waals surface area contributed by atoms with Gasteiger partial charge in [0.2, 0.25) is 5.91 Å². The fraction of sp³-hybridized carbons (Fsp3) is 0.485. The van der Waals surface area contributed by atoms with E-state index in [9.17, 15) is 19.5 Å². The fourth-order valence-electron chi connectivity index (χ4n) is 7.18. The molecule has 1 N–H and O–H groups in total. The summed E-state index contributed by atoms with van der Waals surface area (Å²) in [5.74, 6) is -2.02. The molecule has 4 heterocycles. The molecule has 2 fully saturated rings. The van der Waals surface area contributed by atoms with Crippen LogP contribution in [0.15, 0.2) is 66.8 Å². The Morgan fingerprint density at radius 2 is 1.78 bits per heavy atom. The second-order valence-corrected chi connectivity index (χ2v) is 13.6. The lowest BCUT2D eigenvalue weighted by atomic mass is 9.74. The van der Waals surface area contributed by atoms with E-state index in [2.05, 4.69) is 18.2 Å². The van der Waals surface area contributed by atoms with Gasteiger partial charge < -0.3 is 19.6 Å². The number of esters is 1. The Hall–Kier alpha value is -3.10. The third-order valence-corrected chi connectivity index (χ3v) is 10.9. The zero-order valence-corrected chi connectivity index (χ0v) is 24.4. The van der Waals surface area contributed by atoms with Crippen molar-refractivity contribution in [3.63, 3.8) is 0 Å². The van der Waals surface area contributed by atoms with Crippen LogP contribution in [0.4, 0.5) is 5.69 Å². The van der Waals surface area contributed by atoms with Crippen molar-refractivity contribution in [1.29, 1.82) is 0 Å². The molecule has 2 amide bonds. The van der Waals surface area contributed by atoms with Crippen LogP contribution in [0.3, 0.4) is 0 Å². The number of hydrogen-bond donors (Lipinski definition) is 1. The van der Waals surface area contributed by atoms with Crippen molar-refractivity contribution in [3.8, 4) is 0 Å². The number of anilines is 1. The standard InChI is InChI=1S/C33H38N2O5S/c1-32-16-7-2-3-10-21-40-31(39)27(32)26-29(37)35(18-8-4-9-20-36)28-30(38)34(19-11-17-33(26,28)41-32)25-15-14-23-12-5-6-13-24(23)22-25/h5-7,11-17,22,26-28,36H,2-4,8-10,18-21H2,1H3/b16-7-/t26-,27-,28?,32+,33-/m0/s1. The zero-order valence-electron chi connectivity index (χ0n) is 23.5. The van der Waals surface area contributed by atoms with E-state index in [0.717, 1.165) is 42.1 Å². The summed E-state index contributed by atoms with van der Waals surface area (Å²) in [7, 11) is 0. The number of amides is 2. The lowest BCUT2D eigenvalue weighted by Gasteiger charge is -2.37. The van der Waals surface area contributed by atoms with E-state index in [1.54, 1.807) is 21.6 Å². The van der Waals surface area contributed by atoms with Crippen molar-refractivity contribution in [2.75, 3.05) is 31.2 Å². The summed E-state index contributed by atoms with van der Waals surface area (Å²) in [4.78, 5) is 46.3. The number of nitrogens with zero attached hydrogens (tertiary/aromatic N) is 2. The van der Waals surface area contributed by atoms with Gasteiger partial charge in [0.15, 0.2) is 0 Å². The minimum absolute atomic E-state index is 0.0931. The Bertz CT molecular complexity index is 1410.